The maximum absolute atomic E-state index is 13.0. The van der Waals surface area contributed by atoms with Crippen molar-refractivity contribution >= 4 is 5.91 Å². The Bertz CT molecular complexity index is 589. The van der Waals surface area contributed by atoms with E-state index in [1.165, 1.54) is 17.2 Å². The summed E-state index contributed by atoms with van der Waals surface area (Å²) in [5, 5.41) is 1.52. The Labute approximate surface area is 147 Å². The molecule has 4 rings (SSSR count). The molecular formula is C19H25FN2O3. The SMILES string of the molecule is O=C(C[C@@H]1C[C@H]2CN(Cc3ccc(F)cc3)C[C@H]2O1)N1CCCCO1. The van der Waals surface area contributed by atoms with Crippen molar-refractivity contribution in [3.63, 3.8) is 0 Å². The van der Waals surface area contributed by atoms with Crippen molar-refractivity contribution in [3.8, 4) is 0 Å². The van der Waals surface area contributed by atoms with E-state index in [0.29, 0.717) is 25.5 Å². The molecule has 136 valence electrons. The largest absolute Gasteiger partial charge is 0.373 e. The van der Waals surface area contributed by atoms with Crippen LogP contribution in [0.5, 0.6) is 0 Å². The van der Waals surface area contributed by atoms with E-state index in [9.17, 15) is 9.18 Å². The van der Waals surface area contributed by atoms with E-state index in [1.54, 1.807) is 0 Å². The molecule has 1 aromatic rings. The Balaban J connectivity index is 1.24. The van der Waals surface area contributed by atoms with Gasteiger partial charge in [0.25, 0.3) is 0 Å². The summed E-state index contributed by atoms with van der Waals surface area (Å²) in [4.78, 5) is 20.1. The second kappa shape index (κ2) is 7.40. The van der Waals surface area contributed by atoms with Gasteiger partial charge in [0, 0.05) is 32.1 Å². The van der Waals surface area contributed by atoms with Gasteiger partial charge < -0.3 is 4.74 Å². The topological polar surface area (TPSA) is 42.0 Å². The molecule has 0 bridgehead atoms. The molecule has 0 saturated carbocycles. The average molecular weight is 348 g/mol. The fourth-order valence-electron chi connectivity index (χ4n) is 4.15. The number of carbonyl (C=O) groups is 1. The molecule has 3 fully saturated rings. The Kier molecular flexibility index (Phi) is 5.01. The minimum Gasteiger partial charge on any atom is -0.373 e. The minimum absolute atomic E-state index is 0.0148. The zero-order valence-corrected chi connectivity index (χ0v) is 14.4. The molecule has 3 aliphatic heterocycles. The van der Waals surface area contributed by atoms with Crippen LogP contribution in [0.2, 0.25) is 0 Å². The first-order chi connectivity index (χ1) is 12.2. The van der Waals surface area contributed by atoms with Gasteiger partial charge in [-0.25, -0.2) is 9.45 Å². The molecule has 0 spiro atoms. The molecule has 0 N–H and O–H groups in total. The molecule has 3 atom stereocenters. The van der Waals surface area contributed by atoms with Crippen LogP contribution in [0.4, 0.5) is 4.39 Å². The van der Waals surface area contributed by atoms with Crippen LogP contribution in [-0.4, -0.2) is 54.3 Å². The van der Waals surface area contributed by atoms with Crippen LogP contribution in [0.1, 0.15) is 31.2 Å². The van der Waals surface area contributed by atoms with Crippen LogP contribution in [0, 0.1) is 11.7 Å². The smallest absolute Gasteiger partial charge is 0.248 e. The second-order valence-corrected chi connectivity index (χ2v) is 7.35. The molecule has 0 unspecified atom stereocenters. The van der Waals surface area contributed by atoms with E-state index in [0.717, 1.165) is 44.5 Å². The number of amides is 1. The number of carbonyl (C=O) groups excluding carboxylic acids is 1. The Morgan fingerprint density at radius 1 is 1.20 bits per heavy atom. The lowest BCUT2D eigenvalue weighted by Gasteiger charge is -2.27. The van der Waals surface area contributed by atoms with Crippen LogP contribution in [-0.2, 0) is 20.9 Å². The number of fused-ring (bicyclic) bond motifs is 1. The lowest BCUT2D eigenvalue weighted by atomic mass is 10.0. The third-order valence-electron chi connectivity index (χ3n) is 5.39. The molecule has 0 radical (unpaired) electrons. The van der Waals surface area contributed by atoms with Gasteiger partial charge >= 0.3 is 0 Å². The molecule has 3 aliphatic rings. The van der Waals surface area contributed by atoms with E-state index >= 15 is 0 Å². The van der Waals surface area contributed by atoms with Gasteiger partial charge in [0.1, 0.15) is 5.82 Å². The number of hydrogen-bond donors (Lipinski definition) is 0. The molecule has 0 aliphatic carbocycles. The number of benzene rings is 1. The number of nitrogens with zero attached hydrogens (tertiary/aromatic N) is 2. The van der Waals surface area contributed by atoms with Gasteiger partial charge in [0.15, 0.2) is 0 Å². The highest BCUT2D eigenvalue weighted by Gasteiger charge is 2.42. The van der Waals surface area contributed by atoms with Gasteiger partial charge in [-0.05, 0) is 37.0 Å². The van der Waals surface area contributed by atoms with Crippen molar-refractivity contribution in [1.82, 2.24) is 9.96 Å². The van der Waals surface area contributed by atoms with Crippen molar-refractivity contribution in [2.24, 2.45) is 5.92 Å². The summed E-state index contributed by atoms with van der Waals surface area (Å²) in [7, 11) is 0. The summed E-state index contributed by atoms with van der Waals surface area (Å²) in [5.41, 5.74) is 1.12. The first-order valence-electron chi connectivity index (χ1n) is 9.23. The molecule has 3 saturated heterocycles. The first kappa shape index (κ1) is 16.9. The average Bonchev–Trinajstić information content (AvgIpc) is 3.15. The Morgan fingerprint density at radius 3 is 2.76 bits per heavy atom. The van der Waals surface area contributed by atoms with Gasteiger partial charge in [0.05, 0.1) is 25.2 Å². The molecule has 6 heteroatoms. The number of rotatable bonds is 4. The van der Waals surface area contributed by atoms with Gasteiger partial charge in [-0.15, -0.1) is 0 Å². The summed E-state index contributed by atoms with van der Waals surface area (Å²) in [6, 6.07) is 6.69. The van der Waals surface area contributed by atoms with E-state index in [1.807, 2.05) is 12.1 Å². The maximum Gasteiger partial charge on any atom is 0.248 e. The fraction of sp³-hybridized carbons (Fsp3) is 0.632. The predicted octanol–water partition coefficient (Wildman–Crippen LogP) is 2.36. The number of ether oxygens (including phenoxy) is 1. The lowest BCUT2D eigenvalue weighted by molar-refractivity contribution is -0.199. The molecule has 3 heterocycles. The zero-order valence-electron chi connectivity index (χ0n) is 14.4. The summed E-state index contributed by atoms with van der Waals surface area (Å²) in [6.07, 6.45) is 3.62. The second-order valence-electron chi connectivity index (χ2n) is 7.35. The molecule has 25 heavy (non-hydrogen) atoms. The summed E-state index contributed by atoms with van der Waals surface area (Å²) >= 11 is 0. The molecule has 0 aromatic heterocycles. The van der Waals surface area contributed by atoms with Crippen molar-refractivity contribution in [1.29, 1.82) is 0 Å². The van der Waals surface area contributed by atoms with Crippen molar-refractivity contribution in [2.45, 2.75) is 44.4 Å². The van der Waals surface area contributed by atoms with Crippen molar-refractivity contribution in [2.75, 3.05) is 26.2 Å². The van der Waals surface area contributed by atoms with E-state index < -0.39 is 0 Å². The van der Waals surface area contributed by atoms with Gasteiger partial charge in [-0.1, -0.05) is 12.1 Å². The third kappa shape index (κ3) is 4.02. The number of halogens is 1. The molecular weight excluding hydrogens is 323 g/mol. The summed E-state index contributed by atoms with van der Waals surface area (Å²) < 4.78 is 19.1. The van der Waals surface area contributed by atoms with E-state index in [4.69, 9.17) is 9.57 Å². The van der Waals surface area contributed by atoms with Crippen LogP contribution in [0.3, 0.4) is 0 Å². The maximum atomic E-state index is 13.0. The Hall–Kier alpha value is -1.50. The van der Waals surface area contributed by atoms with Crippen LogP contribution in [0.15, 0.2) is 24.3 Å². The van der Waals surface area contributed by atoms with Crippen LogP contribution < -0.4 is 0 Å². The van der Waals surface area contributed by atoms with Gasteiger partial charge in [-0.3, -0.25) is 14.5 Å². The molecule has 5 nitrogen and oxygen atoms in total. The molecule has 1 amide bonds. The first-order valence-corrected chi connectivity index (χ1v) is 9.23. The minimum atomic E-state index is -0.199. The standard InChI is InChI=1S/C19H25FN2O3/c20-16-5-3-14(4-6-16)11-21-12-15-9-17(25-18(15)13-21)10-19(23)22-7-1-2-8-24-22/h3-6,15,17-18H,1-2,7-13H2/t15-,17-,18+/m0/s1. The van der Waals surface area contributed by atoms with E-state index in [-0.39, 0.29) is 23.9 Å². The van der Waals surface area contributed by atoms with Gasteiger partial charge in [-0.2, -0.15) is 0 Å². The molecule has 1 aromatic carbocycles. The van der Waals surface area contributed by atoms with E-state index in [2.05, 4.69) is 4.90 Å². The zero-order chi connectivity index (χ0) is 17.2. The fourth-order valence-corrected chi connectivity index (χ4v) is 4.15. The lowest BCUT2D eigenvalue weighted by Crippen LogP contribution is -2.37. The predicted molar refractivity (Wildman–Crippen MR) is 90.0 cm³/mol. The monoisotopic (exact) mass is 348 g/mol. The normalized spacial score (nSPS) is 29.8. The number of likely N-dealkylation sites (tertiary alicyclic amines) is 1. The third-order valence-corrected chi connectivity index (χ3v) is 5.39. The van der Waals surface area contributed by atoms with Gasteiger partial charge in [0.2, 0.25) is 5.91 Å². The highest BCUT2D eigenvalue weighted by Crippen LogP contribution is 2.35. The highest BCUT2D eigenvalue weighted by molar-refractivity contribution is 5.75. The quantitative estimate of drug-likeness (QED) is 0.838. The van der Waals surface area contributed by atoms with Crippen LogP contribution >= 0.6 is 0 Å². The van der Waals surface area contributed by atoms with Crippen molar-refractivity contribution in [3.05, 3.63) is 35.6 Å². The summed E-state index contributed by atoms with van der Waals surface area (Å²) in [6.45, 7) is 4.02. The van der Waals surface area contributed by atoms with Crippen LogP contribution in [0.25, 0.3) is 0 Å². The highest BCUT2D eigenvalue weighted by atomic mass is 19.1. The summed E-state index contributed by atoms with van der Waals surface area (Å²) in [5.74, 6) is 0.337. The Morgan fingerprint density at radius 2 is 2.04 bits per heavy atom. The van der Waals surface area contributed by atoms with Crippen molar-refractivity contribution < 1.29 is 18.8 Å². The number of hydroxylamine groups is 2. The number of hydrogen-bond acceptors (Lipinski definition) is 4.